The van der Waals surface area contributed by atoms with E-state index in [1.807, 2.05) is 24.3 Å². The number of carbonyl (C=O) groups is 1. The predicted molar refractivity (Wildman–Crippen MR) is 114 cm³/mol. The molecule has 30 heavy (non-hydrogen) atoms. The maximum atomic E-state index is 12.5. The molecule has 1 amide bonds. The van der Waals surface area contributed by atoms with Crippen LogP contribution >= 0.6 is 23.2 Å². The molecular formula is C22H20Cl2N2O4. The molecule has 0 fully saturated rings. The van der Waals surface area contributed by atoms with Gasteiger partial charge in [-0.25, -0.2) is 4.98 Å². The van der Waals surface area contributed by atoms with Gasteiger partial charge in [-0.2, -0.15) is 0 Å². The van der Waals surface area contributed by atoms with Gasteiger partial charge in [-0.15, -0.1) is 0 Å². The third-order valence-electron chi connectivity index (χ3n) is 4.77. The summed E-state index contributed by atoms with van der Waals surface area (Å²) in [5, 5.41) is 1.03. The summed E-state index contributed by atoms with van der Waals surface area (Å²) < 4.78 is 17.4. The molecular weight excluding hydrogens is 427 g/mol. The number of para-hydroxylation sites is 2. The number of oxazole rings is 1. The second-order valence-electron chi connectivity index (χ2n) is 7.01. The van der Waals surface area contributed by atoms with Crippen molar-refractivity contribution >= 4 is 29.1 Å². The number of halogens is 2. The van der Waals surface area contributed by atoms with Crippen molar-refractivity contribution in [2.24, 2.45) is 0 Å². The van der Waals surface area contributed by atoms with Crippen molar-refractivity contribution in [3.63, 3.8) is 0 Å². The molecule has 0 spiro atoms. The monoisotopic (exact) mass is 446 g/mol. The van der Waals surface area contributed by atoms with Gasteiger partial charge in [0.1, 0.15) is 6.61 Å². The van der Waals surface area contributed by atoms with E-state index >= 15 is 0 Å². The Hall–Kier alpha value is -2.70. The number of rotatable bonds is 6. The predicted octanol–water partition coefficient (Wildman–Crippen LogP) is 4.88. The third-order valence-corrected chi connectivity index (χ3v) is 5.32. The van der Waals surface area contributed by atoms with Gasteiger partial charge in [0, 0.05) is 30.5 Å². The fourth-order valence-corrected chi connectivity index (χ4v) is 3.71. The summed E-state index contributed by atoms with van der Waals surface area (Å²) in [5.41, 5.74) is 0.706. The van der Waals surface area contributed by atoms with E-state index in [1.54, 1.807) is 36.3 Å². The average Bonchev–Trinajstić information content (AvgIpc) is 3.20. The first-order valence-electron chi connectivity index (χ1n) is 9.52. The number of nitrogens with zero attached hydrogens (tertiary/aromatic N) is 2. The SMILES string of the molecule is CN(C[C@H]1COc2ccccc2O1)C(=O)CCc1ncc(-c2ccc(Cl)cc2Cl)o1. The topological polar surface area (TPSA) is 64.8 Å². The van der Waals surface area contributed by atoms with Gasteiger partial charge in [0.2, 0.25) is 5.91 Å². The maximum Gasteiger partial charge on any atom is 0.222 e. The standard InChI is InChI=1S/C22H20Cl2N2O4/c1-26(12-15-13-28-18-4-2-3-5-19(18)29-15)22(27)9-8-21-25-11-20(30-21)16-7-6-14(23)10-17(16)24/h2-7,10-11,15H,8-9,12-13H2,1H3/t15-/m0/s1. The lowest BCUT2D eigenvalue weighted by Crippen LogP contribution is -2.41. The molecule has 3 aromatic rings. The zero-order chi connectivity index (χ0) is 21.1. The van der Waals surface area contributed by atoms with Crippen LogP contribution in [0, 0.1) is 0 Å². The number of hydrogen-bond donors (Lipinski definition) is 0. The van der Waals surface area contributed by atoms with Crippen LogP contribution in [0.15, 0.2) is 53.1 Å². The maximum absolute atomic E-state index is 12.5. The van der Waals surface area contributed by atoms with Crippen molar-refractivity contribution in [2.45, 2.75) is 18.9 Å². The molecule has 1 aliphatic rings. The quantitative estimate of drug-likeness (QED) is 0.539. The number of likely N-dealkylation sites (N-methyl/N-ethyl adjacent to an activating group) is 1. The number of ether oxygens (including phenoxy) is 2. The van der Waals surface area contributed by atoms with Crippen molar-refractivity contribution in [1.82, 2.24) is 9.88 Å². The molecule has 6 nitrogen and oxygen atoms in total. The van der Waals surface area contributed by atoms with E-state index < -0.39 is 0 Å². The van der Waals surface area contributed by atoms with E-state index in [4.69, 9.17) is 37.1 Å². The smallest absolute Gasteiger partial charge is 0.222 e. The molecule has 0 N–H and O–H groups in total. The van der Waals surface area contributed by atoms with E-state index in [1.165, 1.54) is 0 Å². The highest BCUT2D eigenvalue weighted by atomic mass is 35.5. The average molecular weight is 447 g/mol. The molecule has 0 radical (unpaired) electrons. The van der Waals surface area contributed by atoms with Gasteiger partial charge in [0.25, 0.3) is 0 Å². The van der Waals surface area contributed by atoms with Crippen LogP contribution in [0.25, 0.3) is 11.3 Å². The lowest BCUT2D eigenvalue weighted by molar-refractivity contribution is -0.131. The highest BCUT2D eigenvalue weighted by Crippen LogP contribution is 2.32. The largest absolute Gasteiger partial charge is 0.486 e. The Morgan fingerprint density at radius 1 is 1.20 bits per heavy atom. The Morgan fingerprint density at radius 2 is 2.00 bits per heavy atom. The van der Waals surface area contributed by atoms with Crippen LogP contribution in [0.5, 0.6) is 11.5 Å². The molecule has 0 aliphatic carbocycles. The Kier molecular flexibility index (Phi) is 6.16. The molecule has 1 atom stereocenters. The van der Waals surface area contributed by atoms with Gasteiger partial charge in [-0.1, -0.05) is 35.3 Å². The van der Waals surface area contributed by atoms with Crippen LogP contribution in [0.2, 0.25) is 10.0 Å². The molecule has 0 saturated heterocycles. The molecule has 0 saturated carbocycles. The summed E-state index contributed by atoms with van der Waals surface area (Å²) in [6.45, 7) is 0.837. The summed E-state index contributed by atoms with van der Waals surface area (Å²) in [6.07, 6.45) is 2.05. The summed E-state index contributed by atoms with van der Waals surface area (Å²) in [5.74, 6) is 2.41. The van der Waals surface area contributed by atoms with Gasteiger partial charge >= 0.3 is 0 Å². The highest BCUT2D eigenvalue weighted by Gasteiger charge is 2.24. The summed E-state index contributed by atoms with van der Waals surface area (Å²) in [4.78, 5) is 18.4. The van der Waals surface area contributed by atoms with Crippen LogP contribution in [0.3, 0.4) is 0 Å². The van der Waals surface area contributed by atoms with E-state index in [9.17, 15) is 4.79 Å². The number of amides is 1. The number of carbonyl (C=O) groups excluding carboxylic acids is 1. The number of aryl methyl sites for hydroxylation is 1. The molecule has 0 unspecified atom stereocenters. The number of fused-ring (bicyclic) bond motifs is 1. The minimum Gasteiger partial charge on any atom is -0.486 e. The number of aromatic nitrogens is 1. The van der Waals surface area contributed by atoms with Gasteiger partial charge in [-0.05, 0) is 30.3 Å². The fraction of sp³-hybridized carbons (Fsp3) is 0.273. The third kappa shape index (κ3) is 4.71. The lowest BCUT2D eigenvalue weighted by Gasteiger charge is -2.29. The molecule has 156 valence electrons. The van der Waals surface area contributed by atoms with Crippen molar-refractivity contribution in [1.29, 1.82) is 0 Å². The first-order chi connectivity index (χ1) is 14.5. The molecule has 2 aromatic carbocycles. The van der Waals surface area contributed by atoms with Crippen LogP contribution < -0.4 is 9.47 Å². The van der Waals surface area contributed by atoms with E-state index in [2.05, 4.69) is 4.98 Å². The summed E-state index contributed by atoms with van der Waals surface area (Å²) in [6, 6.07) is 12.7. The van der Waals surface area contributed by atoms with Gasteiger partial charge in [0.05, 0.1) is 17.8 Å². The van der Waals surface area contributed by atoms with Crippen LogP contribution in [0.1, 0.15) is 12.3 Å². The first-order valence-corrected chi connectivity index (χ1v) is 10.3. The van der Waals surface area contributed by atoms with Crippen LogP contribution in [-0.2, 0) is 11.2 Å². The van der Waals surface area contributed by atoms with E-state index in [-0.39, 0.29) is 18.4 Å². The fourth-order valence-electron chi connectivity index (χ4n) is 3.20. The molecule has 0 bridgehead atoms. The molecule has 1 aromatic heterocycles. The Labute approximate surface area is 184 Å². The molecule has 8 heteroatoms. The Balaban J connectivity index is 1.30. The van der Waals surface area contributed by atoms with Crippen molar-refractivity contribution in [3.05, 3.63) is 64.6 Å². The summed E-state index contributed by atoms with van der Waals surface area (Å²) in [7, 11) is 1.75. The zero-order valence-corrected chi connectivity index (χ0v) is 17.8. The van der Waals surface area contributed by atoms with E-state index in [0.717, 1.165) is 5.75 Å². The molecule has 2 heterocycles. The van der Waals surface area contributed by atoms with Crippen molar-refractivity contribution in [3.8, 4) is 22.8 Å². The van der Waals surface area contributed by atoms with Gasteiger partial charge in [0.15, 0.2) is 29.3 Å². The molecule has 4 rings (SSSR count). The number of hydrogen-bond acceptors (Lipinski definition) is 5. The normalized spacial score (nSPS) is 15.1. The van der Waals surface area contributed by atoms with E-state index in [0.29, 0.717) is 52.6 Å². The first kappa shape index (κ1) is 20.6. The van der Waals surface area contributed by atoms with Gasteiger partial charge < -0.3 is 18.8 Å². The Morgan fingerprint density at radius 3 is 2.80 bits per heavy atom. The van der Waals surface area contributed by atoms with Crippen molar-refractivity contribution < 1.29 is 18.7 Å². The zero-order valence-electron chi connectivity index (χ0n) is 16.3. The number of benzene rings is 2. The Bertz CT molecular complexity index is 1050. The summed E-state index contributed by atoms with van der Waals surface area (Å²) >= 11 is 12.1. The minimum absolute atomic E-state index is 0.0262. The highest BCUT2D eigenvalue weighted by molar-refractivity contribution is 6.36. The van der Waals surface area contributed by atoms with Crippen LogP contribution in [-0.4, -0.2) is 42.1 Å². The molecule has 1 aliphatic heterocycles. The van der Waals surface area contributed by atoms with Crippen LogP contribution in [0.4, 0.5) is 0 Å². The van der Waals surface area contributed by atoms with Crippen molar-refractivity contribution in [2.75, 3.05) is 20.2 Å². The second-order valence-corrected chi connectivity index (χ2v) is 7.86. The minimum atomic E-state index is -0.214. The lowest BCUT2D eigenvalue weighted by atomic mass is 10.2. The van der Waals surface area contributed by atoms with Gasteiger partial charge in [-0.3, -0.25) is 4.79 Å². The second kappa shape index (κ2) is 8.98.